The first-order valence-electron chi connectivity index (χ1n) is 19.5. The van der Waals surface area contributed by atoms with Crippen molar-refractivity contribution >= 4 is 62.7 Å². The van der Waals surface area contributed by atoms with Gasteiger partial charge in [0.1, 0.15) is 46.7 Å². The zero-order valence-electron chi connectivity index (χ0n) is 36.8. The van der Waals surface area contributed by atoms with Crippen molar-refractivity contribution in [3.8, 4) is 17.1 Å². The number of thiazole rings is 1. The predicted octanol–water partition coefficient (Wildman–Crippen LogP) is 5.07. The van der Waals surface area contributed by atoms with Crippen molar-refractivity contribution in [2.24, 2.45) is 5.16 Å². The lowest BCUT2D eigenvalue weighted by molar-refractivity contribution is -0.218. The Balaban J connectivity index is 1.29. The van der Waals surface area contributed by atoms with E-state index in [9.17, 15) is 32.4 Å². The number of carbonyl (C=O) groups is 5. The normalized spacial score (nSPS) is 16.7. The van der Waals surface area contributed by atoms with Crippen molar-refractivity contribution in [2.75, 3.05) is 25.1 Å². The summed E-state index contributed by atoms with van der Waals surface area (Å²) < 4.78 is 59.8. The van der Waals surface area contributed by atoms with Crippen molar-refractivity contribution in [1.82, 2.24) is 29.8 Å². The number of hydrogen-bond donors (Lipinski definition) is 3. The molecule has 5 rings (SSSR count). The van der Waals surface area contributed by atoms with Gasteiger partial charge in [0.25, 0.3) is 11.8 Å². The molecule has 0 bridgehead atoms. The van der Waals surface area contributed by atoms with Crippen LogP contribution >= 0.6 is 11.3 Å². The Labute approximate surface area is 368 Å². The van der Waals surface area contributed by atoms with Gasteiger partial charge in [-0.25, -0.2) is 28.9 Å². The van der Waals surface area contributed by atoms with E-state index in [1.54, 1.807) is 86.6 Å². The third-order valence-electron chi connectivity index (χ3n) is 8.65. The zero-order chi connectivity index (χ0) is 46.9. The van der Waals surface area contributed by atoms with Gasteiger partial charge in [0.05, 0.1) is 23.5 Å². The Morgan fingerprint density at radius 1 is 0.921 bits per heavy atom. The summed E-state index contributed by atoms with van der Waals surface area (Å²) in [5.74, 6) is -1.22. The number of aromatic nitrogens is 3. The third-order valence-corrected chi connectivity index (χ3v) is 9.74. The Kier molecular flexibility index (Phi) is 13.8. The van der Waals surface area contributed by atoms with Crippen LogP contribution in [0.25, 0.3) is 11.4 Å². The highest BCUT2D eigenvalue weighted by molar-refractivity contribution is 7.80. The molecule has 0 spiro atoms. The van der Waals surface area contributed by atoms with E-state index in [-0.39, 0.29) is 30.6 Å². The van der Waals surface area contributed by atoms with Crippen LogP contribution in [0.2, 0.25) is 0 Å². The van der Waals surface area contributed by atoms with Crippen LogP contribution in [0.3, 0.4) is 0 Å². The smallest absolute Gasteiger partial charge is 0.420 e. The second-order valence-corrected chi connectivity index (χ2v) is 19.7. The van der Waals surface area contributed by atoms with E-state index in [2.05, 4.69) is 25.1 Å². The summed E-state index contributed by atoms with van der Waals surface area (Å²) in [5.41, 5.74) is -2.52. The number of ether oxygens (including phenoxy) is 4. The van der Waals surface area contributed by atoms with Gasteiger partial charge in [-0.05, 0) is 100 Å². The maximum Gasteiger partial charge on any atom is 0.420 e. The second kappa shape index (κ2) is 18.1. The summed E-state index contributed by atoms with van der Waals surface area (Å²) in [7, 11) is -5.04. The topological polar surface area (TPSA) is 269 Å². The number of oxime groups is 1. The molecule has 1 aromatic carbocycles. The molecule has 3 aromatic rings. The predicted molar refractivity (Wildman–Crippen MR) is 225 cm³/mol. The average molecular weight is 921 g/mol. The number of fused-ring (bicyclic) bond motifs is 1. The molecule has 24 heteroatoms. The molecule has 3 N–H and O–H groups in total. The van der Waals surface area contributed by atoms with E-state index >= 15 is 0 Å². The minimum absolute atomic E-state index is 0.0517. The highest BCUT2D eigenvalue weighted by Gasteiger charge is 2.58. The van der Waals surface area contributed by atoms with Gasteiger partial charge in [0, 0.05) is 23.9 Å². The van der Waals surface area contributed by atoms with Crippen LogP contribution in [0.1, 0.15) is 93.2 Å². The van der Waals surface area contributed by atoms with E-state index in [1.807, 2.05) is 0 Å². The maximum atomic E-state index is 13.6. The summed E-state index contributed by atoms with van der Waals surface area (Å²) in [6, 6.07) is 5.39. The number of β-lactam (4-membered cyclic amide) rings is 1. The SMILES string of the molecule is CC(C)(C)OC(=O)Nc1nc(C(=NOCCOc2ccc(-c3nc4c(n3C(=O)OC(C)(C)C)CN(C(=O)OC(C)(C)C)CC4)cc2)C(=O)NC2C(=O)N(OS(=O)(=O)O)C2(C)C)cs1. The quantitative estimate of drug-likeness (QED) is 0.0534. The molecule has 2 aromatic heterocycles. The number of hydrogen-bond acceptors (Lipinski definition) is 17. The third kappa shape index (κ3) is 12.6. The molecule has 1 unspecified atom stereocenters. The number of rotatable bonds is 12. The van der Waals surface area contributed by atoms with Gasteiger partial charge in [-0.15, -0.1) is 15.6 Å². The molecule has 2 aliphatic rings. The summed E-state index contributed by atoms with van der Waals surface area (Å²) in [6.07, 6.45) is -1.58. The van der Waals surface area contributed by atoms with E-state index in [4.69, 9.17) is 33.3 Å². The molecule has 2 aliphatic heterocycles. The lowest BCUT2D eigenvalue weighted by Crippen LogP contribution is -2.76. The van der Waals surface area contributed by atoms with Gasteiger partial charge >= 0.3 is 28.7 Å². The van der Waals surface area contributed by atoms with Gasteiger partial charge in [0.2, 0.25) is 0 Å². The molecule has 4 heterocycles. The zero-order valence-corrected chi connectivity index (χ0v) is 38.4. The minimum Gasteiger partial charge on any atom is -0.490 e. The van der Waals surface area contributed by atoms with Crippen molar-refractivity contribution in [3.63, 3.8) is 0 Å². The molecule has 0 saturated carbocycles. The summed E-state index contributed by atoms with van der Waals surface area (Å²) in [5, 5.41) is 10.7. The molecule has 63 heavy (non-hydrogen) atoms. The first kappa shape index (κ1) is 48.2. The molecule has 344 valence electrons. The largest absolute Gasteiger partial charge is 0.490 e. The molecule has 0 aliphatic carbocycles. The highest BCUT2D eigenvalue weighted by Crippen LogP contribution is 2.33. The standard InChI is InChI=1S/C39H52N8O14S2/c1-36(2,3)58-33(50)43-32-41-25(21-62-32)27(30(48)42-28-31(49)47(39(28,10)11)61-63(53,54)55)44-57-19-18-56-23-14-12-22(13-15-23)29-40-24-16-17-45(34(51)59-37(4,5)6)20-26(24)46(29)35(52)60-38(7,8)9/h12-15,21,28H,16-20H2,1-11H3,(H,42,48)(H,41,43,50)(H,53,54,55). The number of nitrogens with one attached hydrogen (secondary N) is 2. The first-order valence-corrected chi connectivity index (χ1v) is 21.8. The van der Waals surface area contributed by atoms with Crippen LogP contribution < -0.4 is 15.4 Å². The van der Waals surface area contributed by atoms with Gasteiger partial charge in [-0.1, -0.05) is 5.16 Å². The van der Waals surface area contributed by atoms with Crippen molar-refractivity contribution in [3.05, 3.63) is 46.7 Å². The van der Waals surface area contributed by atoms with Crippen LogP contribution in [0.5, 0.6) is 5.75 Å². The summed E-state index contributed by atoms with van der Waals surface area (Å²) >= 11 is 0.945. The highest BCUT2D eigenvalue weighted by atomic mass is 32.3. The monoisotopic (exact) mass is 920 g/mol. The van der Waals surface area contributed by atoms with Crippen LogP contribution in [0, 0.1) is 0 Å². The van der Waals surface area contributed by atoms with Crippen LogP contribution in [0.4, 0.5) is 19.5 Å². The van der Waals surface area contributed by atoms with Crippen LogP contribution in [-0.2, 0) is 56.3 Å². The Morgan fingerprint density at radius 2 is 1.54 bits per heavy atom. The fourth-order valence-electron chi connectivity index (χ4n) is 6.00. The molecule has 1 saturated heterocycles. The molecular formula is C39H52N8O14S2. The van der Waals surface area contributed by atoms with E-state index in [1.165, 1.54) is 28.7 Å². The van der Waals surface area contributed by atoms with Crippen LogP contribution in [0.15, 0.2) is 34.8 Å². The number of nitrogens with zero attached hydrogens (tertiary/aromatic N) is 6. The molecule has 22 nitrogen and oxygen atoms in total. The minimum atomic E-state index is -5.04. The molecule has 1 atom stereocenters. The number of hydroxylamine groups is 2. The lowest BCUT2D eigenvalue weighted by Gasteiger charge is -2.50. The number of carbonyl (C=O) groups excluding carboxylic acids is 5. The number of anilines is 1. The van der Waals surface area contributed by atoms with Gasteiger partial charge in [-0.3, -0.25) is 19.5 Å². The maximum absolute atomic E-state index is 13.6. The van der Waals surface area contributed by atoms with Crippen molar-refractivity contribution in [2.45, 2.75) is 118 Å². The fraction of sp³-hybridized carbons (Fsp3) is 0.538. The second-order valence-electron chi connectivity index (χ2n) is 17.8. The summed E-state index contributed by atoms with van der Waals surface area (Å²) in [4.78, 5) is 81.2. The van der Waals surface area contributed by atoms with E-state index < -0.39 is 74.6 Å². The van der Waals surface area contributed by atoms with Crippen LogP contribution in [-0.4, -0.2) is 121 Å². The summed E-state index contributed by atoms with van der Waals surface area (Å²) in [6.45, 7) is 18.5. The Hall–Kier alpha value is -5.85. The number of benzene rings is 1. The van der Waals surface area contributed by atoms with E-state index in [0.29, 0.717) is 46.6 Å². The van der Waals surface area contributed by atoms with Gasteiger partial charge < -0.3 is 34.0 Å². The average Bonchev–Trinajstić information content (AvgIpc) is 3.76. The molecule has 0 radical (unpaired) electrons. The van der Waals surface area contributed by atoms with Gasteiger partial charge in [-0.2, -0.15) is 13.5 Å². The Bertz CT molecular complexity index is 2370. The Morgan fingerprint density at radius 3 is 2.13 bits per heavy atom. The fourth-order valence-corrected chi connectivity index (χ4v) is 7.14. The molecular weight excluding hydrogens is 869 g/mol. The molecule has 1 fully saturated rings. The van der Waals surface area contributed by atoms with E-state index in [0.717, 1.165) is 11.3 Å². The van der Waals surface area contributed by atoms with Crippen molar-refractivity contribution in [1.29, 1.82) is 0 Å². The van der Waals surface area contributed by atoms with Gasteiger partial charge in [0.15, 0.2) is 17.5 Å². The molecule has 4 amide bonds. The number of amides is 4. The lowest BCUT2D eigenvalue weighted by atomic mass is 9.84. The number of imidazole rings is 1. The first-order chi connectivity index (χ1) is 29.0. The van der Waals surface area contributed by atoms with Crippen molar-refractivity contribution < 1.29 is 65.0 Å².